The lowest BCUT2D eigenvalue weighted by atomic mass is 9.95. The van der Waals surface area contributed by atoms with Crippen molar-refractivity contribution in [2.24, 2.45) is 5.92 Å². The van der Waals surface area contributed by atoms with E-state index < -0.39 is 0 Å². The zero-order valence-electron chi connectivity index (χ0n) is 14.5. The molecule has 2 amide bonds. The highest BCUT2D eigenvalue weighted by atomic mass is 16.2. The predicted molar refractivity (Wildman–Crippen MR) is 92.7 cm³/mol. The first-order chi connectivity index (χ1) is 12.1. The Hall–Kier alpha value is -2.62. The molecule has 0 radical (unpaired) electrons. The average Bonchev–Trinajstić information content (AvgIpc) is 2.89. The number of anilines is 1. The van der Waals surface area contributed by atoms with Crippen LogP contribution >= 0.6 is 0 Å². The molecule has 0 aromatic carbocycles. The van der Waals surface area contributed by atoms with E-state index in [1.807, 2.05) is 4.90 Å². The zero-order chi connectivity index (χ0) is 17.8. The van der Waals surface area contributed by atoms with Gasteiger partial charge in [-0.15, -0.1) is 0 Å². The van der Waals surface area contributed by atoms with Crippen molar-refractivity contribution in [2.75, 3.05) is 44.7 Å². The van der Waals surface area contributed by atoms with Crippen LogP contribution in [0, 0.1) is 17.2 Å². The minimum absolute atomic E-state index is 0.0493. The van der Waals surface area contributed by atoms with Crippen LogP contribution in [-0.4, -0.2) is 66.4 Å². The van der Waals surface area contributed by atoms with E-state index in [-0.39, 0.29) is 17.7 Å². The highest BCUT2D eigenvalue weighted by Gasteiger charge is 2.32. The van der Waals surface area contributed by atoms with Gasteiger partial charge in [-0.25, -0.2) is 4.98 Å². The molecule has 0 aliphatic carbocycles. The van der Waals surface area contributed by atoms with Gasteiger partial charge in [-0.2, -0.15) is 5.26 Å². The van der Waals surface area contributed by atoms with E-state index in [1.165, 1.54) is 0 Å². The van der Waals surface area contributed by atoms with Crippen molar-refractivity contribution in [3.63, 3.8) is 0 Å². The fourth-order valence-corrected chi connectivity index (χ4v) is 3.50. The molecule has 3 heterocycles. The van der Waals surface area contributed by atoms with E-state index in [4.69, 9.17) is 0 Å². The lowest BCUT2D eigenvalue weighted by Crippen LogP contribution is -2.45. The van der Waals surface area contributed by atoms with Crippen LogP contribution in [0.15, 0.2) is 18.3 Å². The lowest BCUT2D eigenvalue weighted by Gasteiger charge is -2.31. The van der Waals surface area contributed by atoms with Gasteiger partial charge in [0.15, 0.2) is 0 Å². The van der Waals surface area contributed by atoms with E-state index in [9.17, 15) is 14.9 Å². The Morgan fingerprint density at radius 2 is 2.12 bits per heavy atom. The summed E-state index contributed by atoms with van der Waals surface area (Å²) in [6, 6.07) is 5.70. The Balaban J connectivity index is 1.65. The third kappa shape index (κ3) is 3.73. The number of hydrogen-bond acceptors (Lipinski definition) is 5. The summed E-state index contributed by atoms with van der Waals surface area (Å²) >= 11 is 0. The number of likely N-dealkylation sites (tertiary alicyclic amines) is 1. The van der Waals surface area contributed by atoms with Crippen LogP contribution in [0.5, 0.6) is 0 Å². The molecule has 0 spiro atoms. The fourth-order valence-electron chi connectivity index (χ4n) is 3.50. The minimum Gasteiger partial charge on any atom is -0.354 e. The van der Waals surface area contributed by atoms with E-state index >= 15 is 0 Å². The number of pyridine rings is 1. The van der Waals surface area contributed by atoms with Crippen molar-refractivity contribution in [3.05, 3.63) is 23.9 Å². The smallest absolute Gasteiger partial charge is 0.226 e. The second-order valence-electron chi connectivity index (χ2n) is 6.66. The largest absolute Gasteiger partial charge is 0.354 e. The van der Waals surface area contributed by atoms with Gasteiger partial charge in [0.25, 0.3) is 0 Å². The van der Waals surface area contributed by atoms with Gasteiger partial charge < -0.3 is 14.7 Å². The highest BCUT2D eigenvalue weighted by molar-refractivity contribution is 5.87. The van der Waals surface area contributed by atoms with E-state index in [1.54, 1.807) is 30.3 Å². The monoisotopic (exact) mass is 341 g/mol. The molecule has 1 aromatic heterocycles. The van der Waals surface area contributed by atoms with Gasteiger partial charge in [-0.1, -0.05) is 0 Å². The second-order valence-corrected chi connectivity index (χ2v) is 6.66. The number of carbonyl (C=O) groups is 2. The molecule has 2 aliphatic heterocycles. The summed E-state index contributed by atoms with van der Waals surface area (Å²) in [5, 5.41) is 9.26. The molecule has 0 unspecified atom stereocenters. The molecule has 7 heteroatoms. The molecule has 1 atom stereocenters. The molecular formula is C18H23N5O2. The summed E-state index contributed by atoms with van der Waals surface area (Å²) in [5.74, 6) is 0.631. The van der Waals surface area contributed by atoms with Crippen molar-refractivity contribution in [1.82, 2.24) is 14.8 Å². The molecule has 0 saturated carbocycles. The van der Waals surface area contributed by atoms with Gasteiger partial charge in [-0.05, 0) is 25.0 Å². The average molecular weight is 341 g/mol. The molecule has 3 rings (SSSR count). The molecule has 0 bridgehead atoms. The van der Waals surface area contributed by atoms with Crippen LogP contribution in [0.25, 0.3) is 0 Å². The molecule has 25 heavy (non-hydrogen) atoms. The van der Waals surface area contributed by atoms with Gasteiger partial charge in [0.2, 0.25) is 11.8 Å². The molecular weight excluding hydrogens is 318 g/mol. The maximum Gasteiger partial charge on any atom is 0.226 e. The Morgan fingerprint density at radius 3 is 2.88 bits per heavy atom. The predicted octanol–water partition coefficient (Wildman–Crippen LogP) is 0.860. The number of rotatable bonds is 2. The summed E-state index contributed by atoms with van der Waals surface area (Å²) in [7, 11) is 1.78. The van der Waals surface area contributed by atoms with Crippen LogP contribution < -0.4 is 4.90 Å². The van der Waals surface area contributed by atoms with Crippen molar-refractivity contribution < 1.29 is 9.59 Å². The van der Waals surface area contributed by atoms with E-state index in [0.29, 0.717) is 44.0 Å². The van der Waals surface area contributed by atoms with Gasteiger partial charge in [0.05, 0.1) is 5.56 Å². The molecule has 0 N–H and O–H groups in total. The number of aromatic nitrogens is 1. The van der Waals surface area contributed by atoms with Gasteiger partial charge in [-0.3, -0.25) is 9.59 Å². The maximum absolute atomic E-state index is 12.8. The number of nitrogens with zero attached hydrogens (tertiary/aromatic N) is 5. The highest BCUT2D eigenvalue weighted by Crippen LogP contribution is 2.22. The Labute approximate surface area is 147 Å². The van der Waals surface area contributed by atoms with Gasteiger partial charge in [0, 0.05) is 58.3 Å². The SMILES string of the molecule is CN1CC[C@H](C(=O)N2CCCN(c3ncccc3C#N)CC2)CC1=O. The maximum atomic E-state index is 12.8. The lowest BCUT2D eigenvalue weighted by molar-refractivity contribution is -0.144. The fraction of sp³-hybridized carbons (Fsp3) is 0.556. The van der Waals surface area contributed by atoms with Crippen LogP contribution in [0.4, 0.5) is 5.82 Å². The summed E-state index contributed by atoms with van der Waals surface area (Å²) in [6.45, 7) is 3.35. The number of amides is 2. The van der Waals surface area contributed by atoms with Gasteiger partial charge in [0.1, 0.15) is 11.9 Å². The topological polar surface area (TPSA) is 80.5 Å². The number of hydrogen-bond donors (Lipinski definition) is 0. The quantitative estimate of drug-likeness (QED) is 0.797. The van der Waals surface area contributed by atoms with Crippen molar-refractivity contribution in [3.8, 4) is 6.07 Å². The first kappa shape index (κ1) is 17.2. The molecule has 1 aromatic rings. The summed E-state index contributed by atoms with van der Waals surface area (Å²) in [5.41, 5.74) is 0.559. The number of piperidine rings is 1. The Morgan fingerprint density at radius 1 is 1.28 bits per heavy atom. The van der Waals surface area contributed by atoms with Crippen molar-refractivity contribution in [1.29, 1.82) is 5.26 Å². The molecule has 2 fully saturated rings. The summed E-state index contributed by atoms with van der Waals surface area (Å²) in [4.78, 5) is 34.7. The molecule has 7 nitrogen and oxygen atoms in total. The summed E-state index contributed by atoms with van der Waals surface area (Å²) in [6.07, 6.45) is 3.57. The Bertz CT molecular complexity index is 699. The standard InChI is InChI=1S/C18H23N5O2/c1-21-9-5-14(12-16(21)24)18(25)23-8-3-7-22(10-11-23)17-15(13-19)4-2-6-20-17/h2,4,6,14H,3,5,7-12H2,1H3/t14-/m0/s1. The van der Waals surface area contributed by atoms with E-state index in [2.05, 4.69) is 16.0 Å². The number of carbonyl (C=O) groups excluding carboxylic acids is 2. The van der Waals surface area contributed by atoms with Crippen molar-refractivity contribution >= 4 is 17.6 Å². The van der Waals surface area contributed by atoms with Crippen LogP contribution in [0.3, 0.4) is 0 Å². The second kappa shape index (κ2) is 7.51. The Kier molecular flexibility index (Phi) is 5.17. The van der Waals surface area contributed by atoms with Crippen LogP contribution in [0.1, 0.15) is 24.8 Å². The minimum atomic E-state index is -0.195. The first-order valence-corrected chi connectivity index (χ1v) is 8.73. The van der Waals surface area contributed by atoms with Crippen molar-refractivity contribution in [2.45, 2.75) is 19.3 Å². The molecule has 2 aliphatic rings. The third-order valence-corrected chi connectivity index (χ3v) is 5.02. The molecule has 2 saturated heterocycles. The summed E-state index contributed by atoms with van der Waals surface area (Å²) < 4.78 is 0. The molecule has 132 valence electrons. The van der Waals surface area contributed by atoms with Gasteiger partial charge >= 0.3 is 0 Å². The zero-order valence-corrected chi connectivity index (χ0v) is 14.5. The third-order valence-electron chi connectivity index (χ3n) is 5.02. The van der Waals surface area contributed by atoms with Crippen LogP contribution in [-0.2, 0) is 9.59 Å². The van der Waals surface area contributed by atoms with E-state index in [0.717, 1.165) is 19.4 Å². The first-order valence-electron chi connectivity index (χ1n) is 8.73. The van der Waals surface area contributed by atoms with Crippen LogP contribution in [0.2, 0.25) is 0 Å². The normalized spacial score (nSPS) is 21.7. The number of nitriles is 1.